The Bertz CT molecular complexity index is 1370. The fourth-order valence-electron chi connectivity index (χ4n) is 4.16. The number of carbonyl (C=O) groups is 3. The number of furan rings is 1. The summed E-state index contributed by atoms with van der Waals surface area (Å²) in [7, 11) is 2.90. The first kappa shape index (κ1) is 27.3. The molecule has 2 heterocycles. The fraction of sp³-hybridized carbons (Fsp3) is 0.233. The first-order valence-electron chi connectivity index (χ1n) is 12.4. The second-order valence-corrected chi connectivity index (χ2v) is 8.78. The molecule has 0 radical (unpaired) electrons. The fourth-order valence-corrected chi connectivity index (χ4v) is 4.16. The van der Waals surface area contributed by atoms with Gasteiger partial charge in [-0.2, -0.15) is 0 Å². The molecule has 0 aliphatic carbocycles. The number of esters is 1. The van der Waals surface area contributed by atoms with Crippen LogP contribution in [0.4, 0.5) is 0 Å². The number of nitrogens with zero attached hydrogens (tertiary/aromatic N) is 1. The Balaban J connectivity index is 1.42. The number of allylic oxidation sites excluding steroid dienone is 1. The molecule has 202 valence electrons. The highest BCUT2D eigenvalue weighted by molar-refractivity contribution is 6.16. The molecule has 0 unspecified atom stereocenters. The van der Waals surface area contributed by atoms with E-state index in [2.05, 4.69) is 5.32 Å². The summed E-state index contributed by atoms with van der Waals surface area (Å²) in [6.07, 6.45) is 3.81. The van der Waals surface area contributed by atoms with Gasteiger partial charge >= 0.3 is 5.97 Å². The molecule has 0 atom stereocenters. The number of nitrogens with one attached hydrogen (secondary N) is 1. The van der Waals surface area contributed by atoms with Crippen LogP contribution in [0, 0.1) is 0 Å². The van der Waals surface area contributed by atoms with Gasteiger partial charge in [-0.05, 0) is 66.9 Å². The van der Waals surface area contributed by atoms with Crippen molar-refractivity contribution < 1.29 is 33.0 Å². The number of methoxy groups -OCH3 is 2. The van der Waals surface area contributed by atoms with Gasteiger partial charge < -0.3 is 28.8 Å². The summed E-state index contributed by atoms with van der Waals surface area (Å²) in [5.74, 6) is 0.776. The van der Waals surface area contributed by atoms with Crippen LogP contribution in [0.2, 0.25) is 0 Å². The Morgan fingerprint density at radius 1 is 1.00 bits per heavy atom. The molecule has 1 aliphatic heterocycles. The molecular formula is C30H30N2O7. The van der Waals surface area contributed by atoms with E-state index in [0.717, 1.165) is 11.3 Å². The van der Waals surface area contributed by atoms with Crippen LogP contribution in [0.1, 0.15) is 23.8 Å². The van der Waals surface area contributed by atoms with E-state index in [-0.39, 0.29) is 36.1 Å². The average molecular weight is 531 g/mol. The standard InChI is InChI=1S/C30H30N2O7/c1-20-28(30(35)37-3)26(29(34)32(20)15-14-21-6-10-23(36-2)11-7-21)17-22-8-12-24(13-9-22)39-19-27(33)31-18-25-5-4-16-38-25/h4-13,16-17H,14-15,18-19H2,1-3H3,(H,31,33)/b26-17-. The van der Waals surface area contributed by atoms with Crippen molar-refractivity contribution in [2.75, 3.05) is 27.4 Å². The Hall–Kier alpha value is -4.79. The van der Waals surface area contributed by atoms with Gasteiger partial charge in [0, 0.05) is 12.2 Å². The third-order valence-corrected chi connectivity index (χ3v) is 6.29. The summed E-state index contributed by atoms with van der Waals surface area (Å²) >= 11 is 0. The maximum absolute atomic E-state index is 13.4. The molecule has 2 aromatic carbocycles. The van der Waals surface area contributed by atoms with E-state index in [4.69, 9.17) is 18.6 Å². The zero-order valence-electron chi connectivity index (χ0n) is 22.1. The SMILES string of the molecule is COC(=O)C1=C(C)N(CCc2ccc(OC)cc2)C(=O)/C1=C\c1ccc(OCC(=O)NCc2ccco2)cc1. The van der Waals surface area contributed by atoms with Crippen LogP contribution < -0.4 is 14.8 Å². The number of hydrogen-bond donors (Lipinski definition) is 1. The number of ether oxygens (including phenoxy) is 3. The molecule has 9 nitrogen and oxygen atoms in total. The predicted octanol–water partition coefficient (Wildman–Crippen LogP) is 3.90. The minimum Gasteiger partial charge on any atom is -0.497 e. The second kappa shape index (κ2) is 12.6. The topological polar surface area (TPSA) is 107 Å². The van der Waals surface area contributed by atoms with E-state index < -0.39 is 5.97 Å². The van der Waals surface area contributed by atoms with E-state index in [9.17, 15) is 14.4 Å². The van der Waals surface area contributed by atoms with Crippen LogP contribution >= 0.6 is 0 Å². The molecule has 3 aromatic rings. The minimum atomic E-state index is -0.570. The third kappa shape index (κ3) is 6.75. The molecule has 0 bridgehead atoms. The number of rotatable bonds is 11. The monoisotopic (exact) mass is 530 g/mol. The quantitative estimate of drug-likeness (QED) is 0.296. The molecule has 1 aliphatic rings. The summed E-state index contributed by atoms with van der Waals surface area (Å²) < 4.78 is 20.9. The molecule has 39 heavy (non-hydrogen) atoms. The largest absolute Gasteiger partial charge is 0.497 e. The van der Waals surface area contributed by atoms with Crippen molar-refractivity contribution in [2.45, 2.75) is 19.9 Å². The smallest absolute Gasteiger partial charge is 0.340 e. The van der Waals surface area contributed by atoms with Crippen LogP contribution in [0.5, 0.6) is 11.5 Å². The molecule has 4 rings (SSSR count). The zero-order valence-corrected chi connectivity index (χ0v) is 22.1. The highest BCUT2D eigenvalue weighted by atomic mass is 16.5. The maximum Gasteiger partial charge on any atom is 0.340 e. The lowest BCUT2D eigenvalue weighted by Crippen LogP contribution is -2.28. The minimum absolute atomic E-state index is 0.156. The highest BCUT2D eigenvalue weighted by Gasteiger charge is 2.36. The van der Waals surface area contributed by atoms with Gasteiger partial charge in [0.1, 0.15) is 17.3 Å². The number of benzene rings is 2. The highest BCUT2D eigenvalue weighted by Crippen LogP contribution is 2.32. The molecule has 9 heteroatoms. The average Bonchev–Trinajstić information content (AvgIpc) is 3.56. The van der Waals surface area contributed by atoms with Crippen molar-refractivity contribution in [1.82, 2.24) is 10.2 Å². The summed E-state index contributed by atoms with van der Waals surface area (Å²) in [4.78, 5) is 39.6. The van der Waals surface area contributed by atoms with Crippen LogP contribution in [0.15, 0.2) is 88.2 Å². The Morgan fingerprint density at radius 2 is 1.72 bits per heavy atom. The predicted molar refractivity (Wildman–Crippen MR) is 144 cm³/mol. The normalized spacial score (nSPS) is 14.1. The van der Waals surface area contributed by atoms with Crippen molar-refractivity contribution in [3.05, 3.63) is 101 Å². The van der Waals surface area contributed by atoms with Gasteiger partial charge in [-0.25, -0.2) is 4.79 Å². The van der Waals surface area contributed by atoms with E-state index in [1.165, 1.54) is 7.11 Å². The van der Waals surface area contributed by atoms with Gasteiger partial charge in [-0.15, -0.1) is 0 Å². The van der Waals surface area contributed by atoms with E-state index in [1.807, 2.05) is 24.3 Å². The summed E-state index contributed by atoms with van der Waals surface area (Å²) in [5, 5.41) is 2.71. The van der Waals surface area contributed by atoms with Gasteiger partial charge in [0.15, 0.2) is 6.61 Å². The van der Waals surface area contributed by atoms with Gasteiger partial charge in [-0.1, -0.05) is 24.3 Å². The maximum atomic E-state index is 13.4. The third-order valence-electron chi connectivity index (χ3n) is 6.29. The number of amides is 2. The Labute approximate surface area is 226 Å². The van der Waals surface area contributed by atoms with Gasteiger partial charge in [0.25, 0.3) is 11.8 Å². The Kier molecular flexibility index (Phi) is 8.83. The van der Waals surface area contributed by atoms with Crippen LogP contribution in [-0.4, -0.2) is 50.1 Å². The van der Waals surface area contributed by atoms with Crippen LogP contribution in [0.3, 0.4) is 0 Å². The van der Waals surface area contributed by atoms with Crippen LogP contribution in [0.25, 0.3) is 6.08 Å². The van der Waals surface area contributed by atoms with Crippen molar-refractivity contribution in [3.8, 4) is 11.5 Å². The van der Waals surface area contributed by atoms with E-state index >= 15 is 0 Å². The van der Waals surface area contributed by atoms with Crippen molar-refractivity contribution in [1.29, 1.82) is 0 Å². The van der Waals surface area contributed by atoms with Gasteiger partial charge in [-0.3, -0.25) is 9.59 Å². The summed E-state index contributed by atoms with van der Waals surface area (Å²) in [5.41, 5.74) is 2.79. The molecular weight excluding hydrogens is 500 g/mol. The van der Waals surface area contributed by atoms with Gasteiger partial charge in [0.05, 0.1) is 38.2 Å². The summed E-state index contributed by atoms with van der Waals surface area (Å²) in [6.45, 7) is 2.27. The molecule has 0 saturated heterocycles. The molecule has 1 aromatic heterocycles. The zero-order chi connectivity index (χ0) is 27.8. The molecule has 0 saturated carbocycles. The molecule has 0 fully saturated rings. The Morgan fingerprint density at radius 3 is 2.36 bits per heavy atom. The van der Waals surface area contributed by atoms with Gasteiger partial charge in [0.2, 0.25) is 0 Å². The van der Waals surface area contributed by atoms with E-state index in [0.29, 0.717) is 35.7 Å². The number of carbonyl (C=O) groups excluding carboxylic acids is 3. The van der Waals surface area contributed by atoms with Crippen molar-refractivity contribution in [3.63, 3.8) is 0 Å². The number of hydrogen-bond acceptors (Lipinski definition) is 7. The lowest BCUT2D eigenvalue weighted by atomic mass is 10.0. The van der Waals surface area contributed by atoms with Crippen molar-refractivity contribution in [2.24, 2.45) is 0 Å². The molecule has 2 amide bonds. The van der Waals surface area contributed by atoms with Crippen molar-refractivity contribution >= 4 is 23.9 Å². The molecule has 0 spiro atoms. The van der Waals surface area contributed by atoms with Crippen LogP contribution in [-0.2, 0) is 32.1 Å². The lowest BCUT2D eigenvalue weighted by Gasteiger charge is -2.18. The first-order valence-corrected chi connectivity index (χ1v) is 12.4. The lowest BCUT2D eigenvalue weighted by molar-refractivity contribution is -0.136. The summed E-state index contributed by atoms with van der Waals surface area (Å²) in [6, 6.07) is 18.0. The van der Waals surface area contributed by atoms with E-state index in [1.54, 1.807) is 67.7 Å². The first-order chi connectivity index (χ1) is 18.9. The second-order valence-electron chi connectivity index (χ2n) is 8.78. The molecule has 1 N–H and O–H groups in total.